The number of ether oxygens (including phenoxy) is 1. The van der Waals surface area contributed by atoms with Gasteiger partial charge in [-0.2, -0.15) is 14.4 Å². The van der Waals surface area contributed by atoms with E-state index in [1.54, 1.807) is 43.3 Å². The average molecular weight is 346 g/mol. The number of benzene rings is 2. The molecule has 2 rings (SSSR count). The fraction of sp³-hybridized carbons (Fsp3) is 0.0625. The van der Waals surface area contributed by atoms with Crippen molar-refractivity contribution in [3.63, 3.8) is 0 Å². The third kappa shape index (κ3) is 5.41. The van der Waals surface area contributed by atoms with Gasteiger partial charge in [-0.15, -0.1) is 0 Å². The molecule has 0 saturated heterocycles. The Morgan fingerprint density at radius 3 is 1.88 bits per heavy atom. The molecule has 0 heterocycles. The van der Waals surface area contributed by atoms with Gasteiger partial charge in [0.15, 0.2) is 0 Å². The van der Waals surface area contributed by atoms with Crippen molar-refractivity contribution in [2.45, 2.75) is 6.92 Å². The number of carbonyl (C=O) groups is 1. The minimum Gasteiger partial charge on any atom is -0.423 e. The van der Waals surface area contributed by atoms with E-state index in [-0.39, 0.29) is 5.75 Å². The lowest BCUT2D eigenvalue weighted by Gasteiger charge is -2.03. The zero-order chi connectivity index (χ0) is 17.5. The summed E-state index contributed by atoms with van der Waals surface area (Å²) in [6, 6.07) is 12.7. The van der Waals surface area contributed by atoms with Gasteiger partial charge in [0.25, 0.3) is 0 Å². The minimum absolute atomic E-state index is 0.249. The van der Waals surface area contributed by atoms with Gasteiger partial charge in [-0.3, -0.25) is 4.55 Å². The van der Waals surface area contributed by atoms with E-state index in [2.05, 4.69) is 21.0 Å². The molecular formula is C16H14N2O5S. The van der Waals surface area contributed by atoms with E-state index in [0.29, 0.717) is 22.7 Å². The van der Waals surface area contributed by atoms with E-state index in [0.717, 1.165) is 0 Å². The largest absolute Gasteiger partial charge is 0.423 e. The molecule has 2 aromatic carbocycles. The number of rotatable bonds is 6. The molecule has 0 amide bonds. The summed E-state index contributed by atoms with van der Waals surface area (Å²) >= 11 is -2.36. The topological polar surface area (TPSA) is 97.5 Å². The summed E-state index contributed by atoms with van der Waals surface area (Å²) in [7, 11) is 0. The van der Waals surface area contributed by atoms with Crippen LogP contribution in [0.1, 0.15) is 6.92 Å². The first-order chi connectivity index (χ1) is 11.4. The van der Waals surface area contributed by atoms with Gasteiger partial charge in [0.2, 0.25) is 0 Å². The third-order valence-electron chi connectivity index (χ3n) is 2.68. The quantitative estimate of drug-likeness (QED) is 0.279. The second-order valence-electron chi connectivity index (χ2n) is 4.66. The summed E-state index contributed by atoms with van der Waals surface area (Å²) in [6.45, 7) is 5.07. The van der Waals surface area contributed by atoms with Gasteiger partial charge in [0.05, 0.1) is 11.4 Å². The summed E-state index contributed by atoms with van der Waals surface area (Å²) in [6.07, 6.45) is 0. The lowest BCUT2D eigenvalue weighted by Crippen LogP contribution is -2.07. The first-order valence-corrected chi connectivity index (χ1v) is 7.76. The highest BCUT2D eigenvalue weighted by Crippen LogP contribution is 2.23. The number of hydrogen-bond acceptors (Lipinski definition) is 6. The molecule has 0 aliphatic heterocycles. The van der Waals surface area contributed by atoms with E-state index < -0.39 is 17.3 Å². The molecule has 0 spiro atoms. The smallest absolute Gasteiger partial charge is 0.357 e. The van der Waals surface area contributed by atoms with Crippen LogP contribution in [0.25, 0.3) is 0 Å². The summed E-state index contributed by atoms with van der Waals surface area (Å²) in [5.74, 6) is 0.148. The standard InChI is InChI=1S/C16H14N2O5S/c1-11(2)16(19)22-14-7-3-12(4-8-14)17-18-13-5-9-15(10-6-13)23-24(20)21/h3-10H,1H2,2H3,(H,20,21). The van der Waals surface area contributed by atoms with Crippen molar-refractivity contribution in [2.24, 2.45) is 10.2 Å². The van der Waals surface area contributed by atoms with Crippen molar-refractivity contribution in [2.75, 3.05) is 0 Å². The predicted octanol–water partition coefficient (Wildman–Crippen LogP) is 4.10. The van der Waals surface area contributed by atoms with Crippen LogP contribution >= 0.6 is 0 Å². The number of nitrogens with zero attached hydrogens (tertiary/aromatic N) is 2. The van der Waals surface area contributed by atoms with Crippen LogP contribution < -0.4 is 8.92 Å². The van der Waals surface area contributed by atoms with Gasteiger partial charge >= 0.3 is 17.3 Å². The molecule has 0 fully saturated rings. The van der Waals surface area contributed by atoms with Gasteiger partial charge in [0, 0.05) is 5.57 Å². The van der Waals surface area contributed by atoms with Crippen LogP contribution in [0, 0.1) is 0 Å². The van der Waals surface area contributed by atoms with Crippen molar-refractivity contribution in [1.29, 1.82) is 0 Å². The van der Waals surface area contributed by atoms with Gasteiger partial charge in [0.1, 0.15) is 11.5 Å². The molecule has 1 atom stereocenters. The van der Waals surface area contributed by atoms with E-state index in [4.69, 9.17) is 9.29 Å². The maximum absolute atomic E-state index is 11.4. The molecular weight excluding hydrogens is 332 g/mol. The van der Waals surface area contributed by atoms with Gasteiger partial charge < -0.3 is 8.92 Å². The second kappa shape index (κ2) is 8.14. The highest BCUT2D eigenvalue weighted by molar-refractivity contribution is 7.74. The summed E-state index contributed by atoms with van der Waals surface area (Å²) < 4.78 is 28.8. The first-order valence-electron chi connectivity index (χ1n) is 6.73. The van der Waals surface area contributed by atoms with Crippen LogP contribution in [0.5, 0.6) is 11.5 Å². The molecule has 1 N–H and O–H groups in total. The van der Waals surface area contributed by atoms with Crippen molar-refractivity contribution in [3.05, 3.63) is 60.7 Å². The first kappa shape index (κ1) is 17.5. The zero-order valence-electron chi connectivity index (χ0n) is 12.7. The van der Waals surface area contributed by atoms with Gasteiger partial charge in [-0.1, -0.05) is 6.58 Å². The van der Waals surface area contributed by atoms with Crippen LogP contribution in [0.15, 0.2) is 70.9 Å². The molecule has 0 aliphatic carbocycles. The van der Waals surface area contributed by atoms with Crippen LogP contribution in [0.3, 0.4) is 0 Å². The molecule has 2 aromatic rings. The predicted molar refractivity (Wildman–Crippen MR) is 88.9 cm³/mol. The average Bonchev–Trinajstić information content (AvgIpc) is 2.55. The minimum atomic E-state index is -2.36. The number of esters is 1. The van der Waals surface area contributed by atoms with Crippen LogP contribution in [-0.2, 0) is 16.2 Å². The summed E-state index contributed by atoms with van der Waals surface area (Å²) in [4.78, 5) is 11.4. The highest BCUT2D eigenvalue weighted by Gasteiger charge is 2.04. The van der Waals surface area contributed by atoms with Crippen molar-refractivity contribution >= 4 is 28.7 Å². The maximum atomic E-state index is 11.4. The van der Waals surface area contributed by atoms with Crippen molar-refractivity contribution in [3.8, 4) is 11.5 Å². The van der Waals surface area contributed by atoms with Gasteiger partial charge in [-0.05, 0) is 55.5 Å². The Morgan fingerprint density at radius 2 is 1.46 bits per heavy atom. The number of carbonyl (C=O) groups excluding carboxylic acids is 1. The van der Waals surface area contributed by atoms with E-state index in [9.17, 15) is 9.00 Å². The molecule has 7 nitrogen and oxygen atoms in total. The van der Waals surface area contributed by atoms with E-state index in [1.165, 1.54) is 12.1 Å². The Balaban J connectivity index is 2.00. The maximum Gasteiger partial charge on any atom is 0.357 e. The Labute approximate surface area is 141 Å². The second-order valence-corrected chi connectivity index (χ2v) is 5.26. The fourth-order valence-electron chi connectivity index (χ4n) is 1.54. The van der Waals surface area contributed by atoms with Crippen LogP contribution in [0.4, 0.5) is 11.4 Å². The lowest BCUT2D eigenvalue weighted by atomic mass is 10.3. The zero-order valence-corrected chi connectivity index (χ0v) is 13.5. The SMILES string of the molecule is C=C(C)C(=O)Oc1ccc(N=Nc2ccc(OS(=O)O)cc2)cc1. The molecule has 0 bridgehead atoms. The Kier molecular flexibility index (Phi) is 5.94. The normalized spacial score (nSPS) is 11.9. The number of hydrogen-bond donors (Lipinski definition) is 1. The van der Waals surface area contributed by atoms with Gasteiger partial charge in [-0.25, -0.2) is 4.79 Å². The third-order valence-corrected chi connectivity index (χ3v) is 3.02. The van der Waals surface area contributed by atoms with E-state index >= 15 is 0 Å². The summed E-state index contributed by atoms with van der Waals surface area (Å²) in [5, 5.41) is 8.06. The molecule has 0 aliphatic rings. The molecule has 124 valence electrons. The molecule has 0 saturated carbocycles. The molecule has 8 heteroatoms. The highest BCUT2D eigenvalue weighted by atomic mass is 32.2. The van der Waals surface area contributed by atoms with Crippen molar-refractivity contribution < 1.29 is 22.5 Å². The monoisotopic (exact) mass is 346 g/mol. The molecule has 0 aromatic heterocycles. The van der Waals surface area contributed by atoms with Crippen LogP contribution in [-0.4, -0.2) is 14.7 Å². The fourth-order valence-corrected chi connectivity index (χ4v) is 1.82. The van der Waals surface area contributed by atoms with Crippen molar-refractivity contribution in [1.82, 2.24) is 0 Å². The Bertz CT molecular complexity index is 785. The number of azo groups is 1. The van der Waals surface area contributed by atoms with E-state index in [1.807, 2.05) is 0 Å². The Morgan fingerprint density at radius 1 is 1.00 bits per heavy atom. The molecule has 1 unspecified atom stereocenters. The van der Waals surface area contributed by atoms with Crippen LogP contribution in [0.2, 0.25) is 0 Å². The summed E-state index contributed by atoms with van der Waals surface area (Å²) in [5.41, 5.74) is 1.43. The lowest BCUT2D eigenvalue weighted by molar-refractivity contribution is -0.130. The molecule has 0 radical (unpaired) electrons. The Hall–Kier alpha value is -2.84. The molecule has 24 heavy (non-hydrogen) atoms.